The third-order valence-electron chi connectivity index (χ3n) is 19.3. The maximum atomic E-state index is 14.6. The smallest absolute Gasteiger partial charge is 0.380 e. The number of sulfonamides is 1. The fraction of sp³-hybridized carbons (Fsp3) is 0.485. The van der Waals surface area contributed by atoms with Crippen molar-refractivity contribution in [1.82, 2.24) is 29.6 Å². The van der Waals surface area contributed by atoms with E-state index < -0.39 is 64.7 Å². The summed E-state index contributed by atoms with van der Waals surface area (Å²) in [6.45, 7) is 14.8. The molecule has 3 N–H and O–H groups in total. The van der Waals surface area contributed by atoms with Gasteiger partial charge in [-0.2, -0.15) is 13.2 Å². The van der Waals surface area contributed by atoms with Crippen LogP contribution < -0.4 is 25.2 Å². The highest BCUT2D eigenvalue weighted by Gasteiger charge is 2.49. The summed E-state index contributed by atoms with van der Waals surface area (Å²) in [4.78, 5) is 64.8. The number of benzene rings is 4. The molecular weight excluding hydrogens is 1270 g/mol. The van der Waals surface area contributed by atoms with E-state index in [1.54, 1.807) is 28.4 Å². The van der Waals surface area contributed by atoms with Crippen LogP contribution in [0.3, 0.4) is 0 Å². The quantitative estimate of drug-likeness (QED) is 0.0522. The fourth-order valence-electron chi connectivity index (χ4n) is 14.2. The standard InChI is InChI=1S/C66H77ClF3N9O8S4/c1-65(2)24-20-53(44-8-12-48(67)13-9-44)47(37-65)39-76-30-33-78-50(40-76)14-10-45-34-46(11-17-56(45)78)62(81)73-91(86,87)52-15-16-55(59(35-52)90(84,85)66(68,69)70)71-49(42-88-51-6-4-3-5-7-51)23-27-74-25-21-43(22-26-74)38-75-28-31-77(32-29-75)61-36-54-58(89-61)41-79(64(54)83)57-18-19-60(80)72-63(57)82/h3-9,11-13,15-17,34-36,43,49-50,57,71H,10,14,18-33,37-42H2,1-2H3,(H,73,81)(H,72,80,82)/t49-,50?,57?/m1/s1. The number of nitrogens with zero attached hydrogens (tertiary/aromatic N) is 6. The Bertz CT molecular complexity index is 3840. The maximum Gasteiger partial charge on any atom is 0.501 e. The van der Waals surface area contributed by atoms with Gasteiger partial charge in [-0.25, -0.2) is 21.6 Å². The molecule has 0 saturated carbocycles. The molecule has 4 aromatic carbocycles. The Hall–Kier alpha value is -5.99. The molecule has 7 aliphatic rings. The van der Waals surface area contributed by atoms with Crippen LogP contribution in [0.1, 0.15) is 108 Å². The Kier molecular flexibility index (Phi) is 19.2. The second-order valence-corrected chi connectivity index (χ2v) is 32.3. The van der Waals surface area contributed by atoms with Gasteiger partial charge in [-0.05, 0) is 166 Å². The van der Waals surface area contributed by atoms with Crippen molar-refractivity contribution in [2.75, 3.05) is 99.4 Å². The number of carbonyl (C=O) groups is 4. The van der Waals surface area contributed by atoms with Gasteiger partial charge in [0.1, 0.15) is 10.9 Å². The zero-order valence-electron chi connectivity index (χ0n) is 51.1. The van der Waals surface area contributed by atoms with Crippen LogP contribution in [-0.2, 0) is 42.4 Å². The van der Waals surface area contributed by atoms with Gasteiger partial charge in [0.25, 0.3) is 31.7 Å². The Morgan fingerprint density at radius 2 is 1.56 bits per heavy atom. The first-order valence-electron chi connectivity index (χ1n) is 31.5. The number of hydrogen-bond acceptors (Lipinski definition) is 16. The first-order chi connectivity index (χ1) is 43.4. The van der Waals surface area contributed by atoms with Crippen molar-refractivity contribution in [3.8, 4) is 0 Å². The third-order valence-corrected chi connectivity index (χ3v) is 24.7. The minimum absolute atomic E-state index is 0.0448. The van der Waals surface area contributed by atoms with Gasteiger partial charge >= 0.3 is 5.51 Å². The molecule has 0 spiro atoms. The molecule has 486 valence electrons. The van der Waals surface area contributed by atoms with E-state index in [0.29, 0.717) is 60.7 Å². The minimum atomic E-state index is -6.13. The number of aryl methyl sites for hydroxylation is 1. The van der Waals surface area contributed by atoms with Crippen LogP contribution in [0.2, 0.25) is 5.02 Å². The lowest BCUT2D eigenvalue weighted by Gasteiger charge is -2.47. The molecule has 1 aromatic heterocycles. The summed E-state index contributed by atoms with van der Waals surface area (Å²) in [5, 5.41) is 7.20. The lowest BCUT2D eigenvalue weighted by molar-refractivity contribution is -0.136. The van der Waals surface area contributed by atoms with E-state index in [2.05, 4.69) is 61.1 Å². The minimum Gasteiger partial charge on any atom is -0.380 e. The number of anilines is 3. The average Bonchev–Trinajstić information content (AvgIpc) is 1.75. The number of piperidine rings is 2. The number of fused-ring (bicyclic) bond motifs is 4. The number of piperazine rings is 2. The first-order valence-corrected chi connectivity index (χ1v) is 36.6. The molecule has 7 heterocycles. The normalized spacial score (nSPS) is 21.7. The van der Waals surface area contributed by atoms with Gasteiger partial charge in [0.15, 0.2) is 0 Å². The predicted molar refractivity (Wildman–Crippen MR) is 350 cm³/mol. The molecular formula is C66H77ClF3N9O8S4. The van der Waals surface area contributed by atoms with Crippen LogP contribution in [0.15, 0.2) is 117 Å². The number of allylic oxidation sites excluding steroid dienone is 1. The monoisotopic (exact) mass is 1340 g/mol. The second-order valence-electron chi connectivity index (χ2n) is 26.1. The third kappa shape index (κ3) is 14.7. The van der Waals surface area contributed by atoms with Crippen molar-refractivity contribution in [3.63, 3.8) is 0 Å². The summed E-state index contributed by atoms with van der Waals surface area (Å²) in [7, 11) is -11.0. The van der Waals surface area contributed by atoms with E-state index in [0.717, 1.165) is 149 Å². The molecule has 25 heteroatoms. The number of carbonyl (C=O) groups excluding carboxylic acids is 4. The summed E-state index contributed by atoms with van der Waals surface area (Å²) >= 11 is 9.30. The number of imide groups is 1. The molecule has 5 aromatic rings. The summed E-state index contributed by atoms with van der Waals surface area (Å²) in [6.07, 6.45) is 7.45. The molecule has 17 nitrogen and oxygen atoms in total. The molecule has 6 aliphatic heterocycles. The van der Waals surface area contributed by atoms with Crippen molar-refractivity contribution >= 4 is 100 Å². The number of hydrogen-bond donors (Lipinski definition) is 3. The van der Waals surface area contributed by atoms with E-state index in [4.69, 9.17) is 11.6 Å². The Balaban J connectivity index is 0.658. The van der Waals surface area contributed by atoms with Crippen LogP contribution in [-0.4, -0.2) is 168 Å². The number of amides is 4. The Labute approximate surface area is 544 Å². The molecule has 0 bridgehead atoms. The molecule has 3 atom stereocenters. The van der Waals surface area contributed by atoms with Crippen molar-refractivity contribution in [2.45, 2.75) is 123 Å². The van der Waals surface area contributed by atoms with Crippen molar-refractivity contribution < 1.29 is 49.2 Å². The summed E-state index contributed by atoms with van der Waals surface area (Å²) in [5.41, 5.74) is 0.620. The molecule has 2 unspecified atom stereocenters. The summed E-state index contributed by atoms with van der Waals surface area (Å²) < 4.78 is 101. The number of thioether (sulfide) groups is 1. The van der Waals surface area contributed by atoms with Crippen molar-refractivity contribution in [3.05, 3.63) is 135 Å². The van der Waals surface area contributed by atoms with Gasteiger partial charge in [-0.1, -0.05) is 61.4 Å². The van der Waals surface area contributed by atoms with E-state index in [-0.39, 0.29) is 35.3 Å². The van der Waals surface area contributed by atoms with Crippen molar-refractivity contribution in [1.29, 1.82) is 0 Å². The van der Waals surface area contributed by atoms with Crippen LogP contribution >= 0.6 is 34.7 Å². The van der Waals surface area contributed by atoms with E-state index >= 15 is 0 Å². The first kappa shape index (κ1) is 65.1. The SMILES string of the molecule is CC1(C)CCC(c2ccc(Cl)cc2)=C(CN2CCN3c4ccc(C(=O)NS(=O)(=O)c5ccc(N[C@H](CCN6CCC(CN7CCN(c8cc9c(s8)CN(C8CCC(=O)NC8=O)C9=O)CC7)CC6)CSc6ccccc6)c(S(=O)(=O)C(F)(F)F)c5)cc4CCC3C2)C1. The zero-order chi connectivity index (χ0) is 64.0. The molecule has 4 saturated heterocycles. The maximum absolute atomic E-state index is 14.6. The number of nitrogens with one attached hydrogen (secondary N) is 3. The lowest BCUT2D eigenvalue weighted by atomic mass is 9.72. The average molecular weight is 1350 g/mol. The second kappa shape index (κ2) is 26.8. The zero-order valence-corrected chi connectivity index (χ0v) is 55.1. The lowest BCUT2D eigenvalue weighted by Crippen LogP contribution is -2.55. The summed E-state index contributed by atoms with van der Waals surface area (Å²) in [5.74, 6) is -1.11. The van der Waals surface area contributed by atoms with Crippen LogP contribution in [0.25, 0.3) is 5.57 Å². The number of likely N-dealkylation sites (tertiary alicyclic amines) is 1. The number of alkyl halides is 3. The molecule has 1 aliphatic carbocycles. The van der Waals surface area contributed by atoms with Crippen LogP contribution in [0, 0.1) is 11.3 Å². The largest absolute Gasteiger partial charge is 0.501 e. The Morgan fingerprint density at radius 3 is 2.29 bits per heavy atom. The molecule has 4 fully saturated rings. The van der Waals surface area contributed by atoms with Gasteiger partial charge in [0, 0.05) is 116 Å². The van der Waals surface area contributed by atoms with Gasteiger partial charge < -0.3 is 24.9 Å². The van der Waals surface area contributed by atoms with Gasteiger partial charge in [-0.3, -0.25) is 34.3 Å². The van der Waals surface area contributed by atoms with E-state index in [9.17, 15) is 49.2 Å². The van der Waals surface area contributed by atoms with Gasteiger partial charge in [0.05, 0.1) is 27.7 Å². The van der Waals surface area contributed by atoms with Crippen LogP contribution in [0.5, 0.6) is 0 Å². The number of thiophene rings is 1. The highest BCUT2D eigenvalue weighted by Crippen LogP contribution is 2.45. The molecule has 4 amide bonds. The highest BCUT2D eigenvalue weighted by molar-refractivity contribution is 7.99. The molecule has 12 rings (SSSR count). The van der Waals surface area contributed by atoms with Gasteiger partial charge in [0.2, 0.25) is 11.8 Å². The van der Waals surface area contributed by atoms with E-state index in [1.807, 2.05) is 59.3 Å². The predicted octanol–water partition coefficient (Wildman–Crippen LogP) is 10.2. The van der Waals surface area contributed by atoms with Crippen LogP contribution in [0.4, 0.5) is 29.5 Å². The van der Waals surface area contributed by atoms with Gasteiger partial charge in [-0.15, -0.1) is 23.1 Å². The van der Waals surface area contributed by atoms with E-state index in [1.165, 1.54) is 28.5 Å². The summed E-state index contributed by atoms with van der Waals surface area (Å²) in [6, 6.07) is 26.1. The van der Waals surface area contributed by atoms with Crippen molar-refractivity contribution in [2.24, 2.45) is 11.3 Å². The number of halogens is 4. The Morgan fingerprint density at radius 1 is 0.813 bits per heavy atom. The molecule has 0 radical (unpaired) electrons. The topological polar surface area (TPSA) is 192 Å². The number of rotatable bonds is 19. The highest BCUT2D eigenvalue weighted by atomic mass is 35.5. The number of sulfone groups is 1. The fourth-order valence-corrected chi connectivity index (χ4v) is 18.6. The molecule has 91 heavy (non-hydrogen) atoms.